The lowest BCUT2D eigenvalue weighted by molar-refractivity contribution is 0.0690. The van der Waals surface area contributed by atoms with Gasteiger partial charge in [0.15, 0.2) is 11.5 Å². The summed E-state index contributed by atoms with van der Waals surface area (Å²) >= 11 is 0. The van der Waals surface area contributed by atoms with Crippen molar-refractivity contribution in [2.75, 3.05) is 20.3 Å². The summed E-state index contributed by atoms with van der Waals surface area (Å²) in [6, 6.07) is 4.99. The van der Waals surface area contributed by atoms with Gasteiger partial charge < -0.3 is 19.3 Å². The van der Waals surface area contributed by atoms with Crippen molar-refractivity contribution in [1.29, 1.82) is 0 Å². The summed E-state index contributed by atoms with van der Waals surface area (Å²) in [4.78, 5) is 10.9. The molecule has 0 atom stereocenters. The van der Waals surface area contributed by atoms with E-state index >= 15 is 0 Å². The highest BCUT2D eigenvalue weighted by atomic mass is 16.5. The molecule has 7 nitrogen and oxygen atoms in total. The van der Waals surface area contributed by atoms with Crippen molar-refractivity contribution >= 4 is 5.97 Å². The fourth-order valence-electron chi connectivity index (χ4n) is 2.18. The van der Waals surface area contributed by atoms with Crippen LogP contribution in [0.25, 0.3) is 11.3 Å². The number of nitrogens with one attached hydrogen (secondary N) is 1. The van der Waals surface area contributed by atoms with Crippen LogP contribution in [-0.4, -0.2) is 41.6 Å². The Morgan fingerprint density at radius 2 is 2.19 bits per heavy atom. The molecule has 1 aromatic carbocycles. The Labute approximate surface area is 120 Å². The van der Waals surface area contributed by atoms with Crippen molar-refractivity contribution in [2.24, 2.45) is 0 Å². The second-order valence-electron chi connectivity index (χ2n) is 4.50. The van der Waals surface area contributed by atoms with Crippen molar-refractivity contribution in [3.8, 4) is 28.5 Å². The smallest absolute Gasteiger partial charge is 0.353 e. The molecule has 0 amide bonds. The summed E-state index contributed by atoms with van der Waals surface area (Å²) in [7, 11) is 1.53. The third-order valence-corrected chi connectivity index (χ3v) is 3.16. The van der Waals surface area contributed by atoms with Crippen LogP contribution >= 0.6 is 0 Å². The summed E-state index contributed by atoms with van der Waals surface area (Å²) in [6.07, 6.45) is 0.790. The van der Waals surface area contributed by atoms with Crippen molar-refractivity contribution in [1.82, 2.24) is 10.2 Å². The molecule has 2 N–H and O–H groups in total. The molecule has 2 heterocycles. The van der Waals surface area contributed by atoms with E-state index in [1.807, 2.05) is 0 Å². The lowest BCUT2D eigenvalue weighted by Gasteiger charge is -2.14. The van der Waals surface area contributed by atoms with Gasteiger partial charge in [-0.1, -0.05) is 0 Å². The van der Waals surface area contributed by atoms with Crippen molar-refractivity contribution in [3.63, 3.8) is 0 Å². The van der Waals surface area contributed by atoms with Gasteiger partial charge in [-0.2, -0.15) is 5.10 Å². The molecule has 3 rings (SSSR count). The number of ether oxygens (including phenoxy) is 3. The van der Waals surface area contributed by atoms with Crippen LogP contribution in [0, 0.1) is 0 Å². The average Bonchev–Trinajstić information content (AvgIpc) is 2.85. The summed E-state index contributed by atoms with van der Waals surface area (Å²) in [6.45, 7) is 1.12. The molecule has 0 unspecified atom stereocenters. The molecule has 0 aliphatic carbocycles. The van der Waals surface area contributed by atoms with Gasteiger partial charge in [0.05, 0.1) is 26.0 Å². The van der Waals surface area contributed by atoms with E-state index < -0.39 is 5.97 Å². The normalized spacial score (nSPS) is 13.6. The summed E-state index contributed by atoms with van der Waals surface area (Å²) in [5, 5.41) is 15.4. The second kappa shape index (κ2) is 5.35. The number of carbonyl (C=O) groups is 1. The van der Waals surface area contributed by atoms with Crippen LogP contribution in [0.3, 0.4) is 0 Å². The number of nitrogens with zero attached hydrogens (tertiary/aromatic N) is 1. The maximum absolute atomic E-state index is 10.9. The minimum absolute atomic E-state index is 0.0131. The minimum atomic E-state index is -1.07. The van der Waals surface area contributed by atoms with Crippen LogP contribution in [0.5, 0.6) is 17.2 Å². The first kappa shape index (κ1) is 13.3. The van der Waals surface area contributed by atoms with Crippen molar-refractivity contribution in [3.05, 3.63) is 23.9 Å². The van der Waals surface area contributed by atoms with E-state index in [0.717, 1.165) is 6.42 Å². The topological polar surface area (TPSA) is 93.7 Å². The SMILES string of the molecule is COc1c(-c2cc(C(=O)O)[nH]n2)ccc2c1OCCCO2. The number of hydrogen-bond acceptors (Lipinski definition) is 5. The lowest BCUT2D eigenvalue weighted by atomic mass is 10.1. The molecule has 0 radical (unpaired) electrons. The van der Waals surface area contributed by atoms with E-state index in [9.17, 15) is 4.79 Å². The number of H-pyrrole nitrogens is 1. The number of aromatic carboxylic acids is 1. The Kier molecular flexibility index (Phi) is 3.39. The highest BCUT2D eigenvalue weighted by Crippen LogP contribution is 2.44. The van der Waals surface area contributed by atoms with Gasteiger partial charge in [0, 0.05) is 12.0 Å². The molecule has 0 spiro atoms. The van der Waals surface area contributed by atoms with Crippen LogP contribution in [0.15, 0.2) is 18.2 Å². The Morgan fingerprint density at radius 1 is 1.38 bits per heavy atom. The molecule has 1 aromatic heterocycles. The number of aromatic amines is 1. The zero-order valence-electron chi connectivity index (χ0n) is 11.4. The maximum Gasteiger partial charge on any atom is 0.353 e. The first-order valence-corrected chi connectivity index (χ1v) is 6.46. The summed E-state index contributed by atoms with van der Waals surface area (Å²) in [5.74, 6) is 0.550. The third-order valence-electron chi connectivity index (χ3n) is 3.16. The van der Waals surface area contributed by atoms with Crippen LogP contribution in [0.2, 0.25) is 0 Å². The maximum atomic E-state index is 10.9. The fourth-order valence-corrected chi connectivity index (χ4v) is 2.18. The number of hydrogen-bond donors (Lipinski definition) is 2. The van der Waals surface area contributed by atoms with Crippen LogP contribution in [-0.2, 0) is 0 Å². The highest BCUT2D eigenvalue weighted by molar-refractivity contribution is 5.87. The molecule has 7 heteroatoms. The Balaban J connectivity index is 2.09. The molecule has 1 aliphatic heterocycles. The molecular formula is C14H14N2O5. The third kappa shape index (κ3) is 2.37. The number of aromatic nitrogens is 2. The van der Waals surface area contributed by atoms with Crippen LogP contribution < -0.4 is 14.2 Å². The minimum Gasteiger partial charge on any atom is -0.492 e. The van der Waals surface area contributed by atoms with Gasteiger partial charge in [-0.05, 0) is 18.2 Å². The van der Waals surface area contributed by atoms with Gasteiger partial charge in [0.2, 0.25) is 5.75 Å². The molecule has 0 saturated heterocycles. The predicted octanol–water partition coefficient (Wildman–Crippen LogP) is 1.94. The van der Waals surface area contributed by atoms with Gasteiger partial charge >= 0.3 is 5.97 Å². The standard InChI is InChI=1S/C14H14N2O5/c1-19-12-8(9-7-10(14(17)18)16-15-9)3-4-11-13(12)21-6-2-5-20-11/h3-4,7H,2,5-6H2,1H3,(H,15,16)(H,17,18). The first-order valence-electron chi connectivity index (χ1n) is 6.46. The van der Waals surface area contributed by atoms with E-state index in [-0.39, 0.29) is 5.69 Å². The Bertz CT molecular complexity index is 680. The monoisotopic (exact) mass is 290 g/mol. The molecule has 2 aromatic rings. The largest absolute Gasteiger partial charge is 0.492 e. The molecular weight excluding hydrogens is 276 g/mol. The number of methoxy groups -OCH3 is 1. The average molecular weight is 290 g/mol. The second-order valence-corrected chi connectivity index (χ2v) is 4.50. The fraction of sp³-hybridized carbons (Fsp3) is 0.286. The van der Waals surface area contributed by atoms with Gasteiger partial charge in [0.25, 0.3) is 0 Å². The van der Waals surface area contributed by atoms with Gasteiger partial charge in [-0.15, -0.1) is 0 Å². The molecule has 0 saturated carbocycles. The number of carboxylic acid groups (broad SMARTS) is 1. The van der Waals surface area contributed by atoms with Gasteiger partial charge in [-0.3, -0.25) is 5.10 Å². The number of rotatable bonds is 3. The first-order chi connectivity index (χ1) is 10.2. The van der Waals surface area contributed by atoms with Crippen molar-refractivity contribution in [2.45, 2.75) is 6.42 Å². The summed E-state index contributed by atoms with van der Waals surface area (Å²) < 4.78 is 16.7. The molecule has 0 fully saturated rings. The zero-order chi connectivity index (χ0) is 14.8. The van der Waals surface area contributed by atoms with E-state index in [1.165, 1.54) is 13.2 Å². The van der Waals surface area contributed by atoms with Gasteiger partial charge in [-0.25, -0.2) is 4.79 Å². The van der Waals surface area contributed by atoms with Crippen LogP contribution in [0.4, 0.5) is 0 Å². The molecule has 21 heavy (non-hydrogen) atoms. The Morgan fingerprint density at radius 3 is 2.90 bits per heavy atom. The number of carboxylic acids is 1. The quantitative estimate of drug-likeness (QED) is 0.897. The zero-order valence-corrected chi connectivity index (χ0v) is 11.4. The summed E-state index contributed by atoms with van der Waals surface area (Å²) in [5.41, 5.74) is 1.13. The van der Waals surface area contributed by atoms with Crippen LogP contribution in [0.1, 0.15) is 16.9 Å². The number of fused-ring (bicyclic) bond motifs is 1. The van der Waals surface area contributed by atoms with Gasteiger partial charge in [0.1, 0.15) is 5.69 Å². The van der Waals surface area contributed by atoms with Crippen molar-refractivity contribution < 1.29 is 24.1 Å². The van der Waals surface area contributed by atoms with E-state index in [2.05, 4.69) is 10.2 Å². The van der Waals surface area contributed by atoms with E-state index in [4.69, 9.17) is 19.3 Å². The number of benzene rings is 1. The predicted molar refractivity (Wildman–Crippen MR) is 73.1 cm³/mol. The lowest BCUT2D eigenvalue weighted by Crippen LogP contribution is -1.98. The molecule has 0 bridgehead atoms. The molecule has 1 aliphatic rings. The highest BCUT2D eigenvalue weighted by Gasteiger charge is 2.22. The van der Waals surface area contributed by atoms with E-state index in [0.29, 0.717) is 41.7 Å². The molecule has 110 valence electrons. The van der Waals surface area contributed by atoms with E-state index in [1.54, 1.807) is 12.1 Å². The Hall–Kier alpha value is -2.70.